The lowest BCUT2D eigenvalue weighted by Crippen LogP contribution is -2.04. The van der Waals surface area contributed by atoms with E-state index in [2.05, 4.69) is 20.8 Å². The zero-order chi connectivity index (χ0) is 40.6. The number of unbranched alkanes of at least 4 members (excludes halogenated alkanes) is 42. The van der Waals surface area contributed by atoms with E-state index in [9.17, 15) is 0 Å². The molecule has 0 aromatic heterocycles. The lowest BCUT2D eigenvalue weighted by molar-refractivity contribution is 0.150. The zero-order valence-corrected chi connectivity index (χ0v) is 40.7. The van der Waals surface area contributed by atoms with Gasteiger partial charge in [-0.15, -0.1) is 0 Å². The Hall–Kier alpha value is 0.530. The average molecular weight is 829 g/mol. The molecular weight excluding hydrogens is 724 g/mol. The second kappa shape index (κ2) is 49.9. The first-order valence-electron chi connectivity index (χ1n) is 26.2. The molecule has 0 saturated heterocycles. The average Bonchev–Trinajstić information content (AvgIpc) is 3.20. The first-order chi connectivity index (χ1) is 27.7. The Balaban J connectivity index is 4.08. The van der Waals surface area contributed by atoms with Crippen molar-refractivity contribution in [2.75, 3.05) is 19.8 Å². The molecule has 0 spiro atoms. The van der Waals surface area contributed by atoms with Gasteiger partial charge in [0.25, 0.3) is 0 Å². The Morgan fingerprint density at radius 3 is 0.482 bits per heavy atom. The first-order valence-corrected chi connectivity index (χ1v) is 28.8. The van der Waals surface area contributed by atoms with Crippen LogP contribution in [0.5, 0.6) is 0 Å². The van der Waals surface area contributed by atoms with E-state index >= 15 is 0 Å². The number of rotatable bonds is 51. The molecule has 0 radical (unpaired) electrons. The van der Waals surface area contributed by atoms with E-state index in [1.807, 2.05) is 0 Å². The molecule has 5 heteroatoms. The van der Waals surface area contributed by atoms with Gasteiger partial charge in [-0.05, 0) is 31.1 Å². The summed E-state index contributed by atoms with van der Waals surface area (Å²) in [7, 11) is 0. The van der Waals surface area contributed by atoms with Crippen LogP contribution < -0.4 is 0 Å². The summed E-state index contributed by atoms with van der Waals surface area (Å²) in [5.74, 6) is 0. The zero-order valence-electron chi connectivity index (χ0n) is 39.0. The van der Waals surface area contributed by atoms with E-state index in [0.29, 0.717) is 19.8 Å². The van der Waals surface area contributed by atoms with Gasteiger partial charge >= 0.3 is 6.72 Å². The van der Waals surface area contributed by atoms with E-state index < -0.39 is 6.72 Å². The maximum Gasteiger partial charge on any atom is 0.327 e. The second-order valence-electron chi connectivity index (χ2n) is 17.8. The summed E-state index contributed by atoms with van der Waals surface area (Å²) in [4.78, 5) is 0. The van der Waals surface area contributed by atoms with Crippen LogP contribution in [-0.2, 0) is 25.4 Å². The minimum absolute atomic E-state index is 0.688. The van der Waals surface area contributed by atoms with Crippen molar-refractivity contribution in [3.63, 3.8) is 0 Å². The molecule has 0 heterocycles. The first kappa shape index (κ1) is 56.5. The summed E-state index contributed by atoms with van der Waals surface area (Å²) in [5.41, 5.74) is 0. The Kier molecular flexibility index (Phi) is 50.4. The van der Waals surface area contributed by atoms with E-state index in [-0.39, 0.29) is 0 Å². The van der Waals surface area contributed by atoms with E-state index in [1.165, 1.54) is 270 Å². The van der Waals surface area contributed by atoms with Crippen molar-refractivity contribution in [3.8, 4) is 0 Å². The van der Waals surface area contributed by atoms with Crippen molar-refractivity contribution >= 4 is 18.5 Å². The van der Waals surface area contributed by atoms with Gasteiger partial charge in [-0.2, -0.15) is 0 Å². The minimum atomic E-state index is -2.65. The van der Waals surface area contributed by atoms with Crippen molar-refractivity contribution < 1.29 is 13.6 Å². The van der Waals surface area contributed by atoms with Crippen LogP contribution in [0.25, 0.3) is 0 Å². The Morgan fingerprint density at radius 2 is 0.339 bits per heavy atom. The molecular formula is C51H105O3PS. The summed E-state index contributed by atoms with van der Waals surface area (Å²) >= 11 is 5.96. The van der Waals surface area contributed by atoms with Gasteiger partial charge in [0.2, 0.25) is 0 Å². The summed E-state index contributed by atoms with van der Waals surface area (Å²) in [6.07, 6.45) is 61.9. The molecule has 56 heavy (non-hydrogen) atoms. The molecule has 0 aliphatic rings. The smallest absolute Gasteiger partial charge is 0.309 e. The van der Waals surface area contributed by atoms with Crippen molar-refractivity contribution in [3.05, 3.63) is 0 Å². The van der Waals surface area contributed by atoms with Gasteiger partial charge in [0.1, 0.15) is 0 Å². The molecule has 338 valence electrons. The van der Waals surface area contributed by atoms with E-state index in [0.717, 1.165) is 19.3 Å². The van der Waals surface area contributed by atoms with Gasteiger partial charge in [0.05, 0.1) is 19.8 Å². The minimum Gasteiger partial charge on any atom is -0.309 e. The van der Waals surface area contributed by atoms with Gasteiger partial charge in [-0.1, -0.05) is 290 Å². The quantitative estimate of drug-likeness (QED) is 0.0451. The molecule has 0 aliphatic carbocycles. The van der Waals surface area contributed by atoms with Crippen LogP contribution in [0.15, 0.2) is 0 Å². The molecule has 0 fully saturated rings. The monoisotopic (exact) mass is 829 g/mol. The largest absolute Gasteiger partial charge is 0.327 e. The third-order valence-corrected chi connectivity index (χ3v) is 14.4. The molecule has 0 aromatic rings. The summed E-state index contributed by atoms with van der Waals surface area (Å²) < 4.78 is 18.8. The fourth-order valence-electron chi connectivity index (χ4n) is 8.06. The normalized spacial score (nSPS) is 12.0. The molecule has 0 rings (SSSR count). The summed E-state index contributed by atoms with van der Waals surface area (Å²) in [6, 6.07) is 0. The van der Waals surface area contributed by atoms with Crippen molar-refractivity contribution in [1.29, 1.82) is 0 Å². The van der Waals surface area contributed by atoms with Gasteiger partial charge in [0, 0.05) is 0 Å². The lowest BCUT2D eigenvalue weighted by Gasteiger charge is -2.22. The third-order valence-electron chi connectivity index (χ3n) is 12.0. The fourth-order valence-corrected chi connectivity index (χ4v) is 10.0. The summed E-state index contributed by atoms with van der Waals surface area (Å²) in [5, 5.41) is 0. The van der Waals surface area contributed by atoms with Crippen LogP contribution in [0.2, 0.25) is 0 Å². The maximum absolute atomic E-state index is 6.27. The highest BCUT2D eigenvalue weighted by Gasteiger charge is 2.20. The molecule has 0 aromatic carbocycles. The Morgan fingerprint density at radius 1 is 0.214 bits per heavy atom. The SMILES string of the molecule is CCCCCCCCCCCCCCCCCOP(=S)(OCCCCCCCCCCCCCCCCC)OCCCCCCCCCCCCCCCCC. The van der Waals surface area contributed by atoms with Crippen LogP contribution >= 0.6 is 6.72 Å². The molecule has 3 nitrogen and oxygen atoms in total. The van der Waals surface area contributed by atoms with Crippen LogP contribution in [0.4, 0.5) is 0 Å². The number of hydrogen-bond donors (Lipinski definition) is 0. The predicted molar refractivity (Wildman–Crippen MR) is 257 cm³/mol. The van der Waals surface area contributed by atoms with Gasteiger partial charge in [-0.25, -0.2) is 0 Å². The maximum atomic E-state index is 6.27. The van der Waals surface area contributed by atoms with Crippen LogP contribution in [-0.4, -0.2) is 19.8 Å². The third kappa shape index (κ3) is 47.2. The van der Waals surface area contributed by atoms with E-state index in [4.69, 9.17) is 25.4 Å². The molecule has 0 saturated carbocycles. The molecule has 0 amide bonds. The highest BCUT2D eigenvalue weighted by Crippen LogP contribution is 2.50. The van der Waals surface area contributed by atoms with Gasteiger partial charge in [-0.3, -0.25) is 0 Å². The van der Waals surface area contributed by atoms with Crippen molar-refractivity contribution in [2.45, 2.75) is 310 Å². The Bertz CT molecular complexity index is 654. The van der Waals surface area contributed by atoms with Crippen LogP contribution in [0, 0.1) is 0 Å². The van der Waals surface area contributed by atoms with Crippen LogP contribution in [0.3, 0.4) is 0 Å². The molecule has 0 aliphatic heterocycles. The molecule has 0 bridgehead atoms. The number of hydrogen-bond acceptors (Lipinski definition) is 4. The fraction of sp³-hybridized carbons (Fsp3) is 1.00. The molecule has 0 atom stereocenters. The molecule has 0 N–H and O–H groups in total. The Labute approximate surface area is 360 Å². The molecule has 0 unspecified atom stereocenters. The highest BCUT2D eigenvalue weighted by molar-refractivity contribution is 8.07. The van der Waals surface area contributed by atoms with Crippen molar-refractivity contribution in [1.82, 2.24) is 0 Å². The van der Waals surface area contributed by atoms with Crippen LogP contribution in [0.1, 0.15) is 310 Å². The summed E-state index contributed by atoms with van der Waals surface area (Å²) in [6.45, 7) is 6.32. The van der Waals surface area contributed by atoms with Gasteiger partial charge in [0.15, 0.2) is 0 Å². The standard InChI is InChI=1S/C51H105O3PS/c1-4-7-10-13-16-19-22-25-28-31-34-37-40-43-46-49-52-55(56,53-50-47-44-41-38-35-32-29-26-23-20-17-14-11-8-5-2)54-51-48-45-42-39-36-33-30-27-24-21-18-15-12-9-6-3/h4-51H2,1-3H3. The van der Waals surface area contributed by atoms with Crippen molar-refractivity contribution in [2.24, 2.45) is 0 Å². The lowest BCUT2D eigenvalue weighted by atomic mass is 10.0. The van der Waals surface area contributed by atoms with E-state index in [1.54, 1.807) is 0 Å². The van der Waals surface area contributed by atoms with Gasteiger partial charge < -0.3 is 13.6 Å². The predicted octanol–water partition coefficient (Wildman–Crippen LogP) is 19.9. The second-order valence-corrected chi connectivity index (χ2v) is 20.8. The highest BCUT2D eigenvalue weighted by atomic mass is 32.5. The topological polar surface area (TPSA) is 27.7 Å².